The van der Waals surface area contributed by atoms with Crippen molar-refractivity contribution in [2.45, 2.75) is 39.5 Å². The summed E-state index contributed by atoms with van der Waals surface area (Å²) in [4.78, 5) is 45.6. The number of rotatable bonds is 6. The molecule has 4 aromatic carbocycles. The second kappa shape index (κ2) is 20.2. The van der Waals surface area contributed by atoms with Crippen molar-refractivity contribution in [2.24, 2.45) is 0 Å². The lowest BCUT2D eigenvalue weighted by atomic mass is 9.81. The van der Waals surface area contributed by atoms with Gasteiger partial charge in [0.05, 0.1) is 71.1 Å². The number of hydrogen-bond acceptors (Lipinski definition) is 11. The van der Waals surface area contributed by atoms with Crippen molar-refractivity contribution in [3.63, 3.8) is 0 Å². The van der Waals surface area contributed by atoms with Crippen molar-refractivity contribution < 1.29 is 28.4 Å². The highest BCUT2D eigenvalue weighted by molar-refractivity contribution is 9.10. The monoisotopic (exact) mass is 1080 g/mol. The maximum atomic E-state index is 14.5. The Labute approximate surface area is 434 Å². The lowest BCUT2D eigenvalue weighted by Gasteiger charge is -2.23. The molecular formula is C51H42BBrCl2F2N12O4. The number of imidazole rings is 4. The van der Waals surface area contributed by atoms with Crippen LogP contribution in [0, 0.1) is 11.6 Å². The van der Waals surface area contributed by atoms with Gasteiger partial charge in [0.2, 0.25) is 11.9 Å². The standard InChI is InChI=1S/C23H16ClFN6.C18H12BClFN3O2.C10H14BrN3O2/c24-16-2-3-18(25)17(9-16)22-21(29-12-30-22)13-1-4-19-14(7-13)8-15(10-27-19)20-11-28-23-26-5-6-31(20)23;20-13-2-3-15(21)14(7-13)18-17(23-9-24-18)10-1-4-16-11(5-10)6-12(8-22-16)19(25)26;1-10(2,3)16-9(15)14-5-4-13-7(11)6-12-8(13)14/h1-4,7-12H,5-6H2,(H,26,28)(H,29,30);1-9,25-26H,(H,23,24);6H,4-5H2,1-3H3. The van der Waals surface area contributed by atoms with Gasteiger partial charge in [0.15, 0.2) is 0 Å². The molecule has 5 N–H and O–H groups in total. The highest BCUT2D eigenvalue weighted by atomic mass is 79.9. The zero-order valence-electron chi connectivity index (χ0n) is 39.1. The summed E-state index contributed by atoms with van der Waals surface area (Å²) in [5.74, 6) is 0.755. The van der Waals surface area contributed by atoms with Gasteiger partial charge in [0.1, 0.15) is 21.8 Å². The van der Waals surface area contributed by atoms with E-state index in [-0.39, 0.29) is 17.4 Å². The number of amides is 1. The van der Waals surface area contributed by atoms with Crippen molar-refractivity contribution in [3.8, 4) is 56.3 Å². The molecule has 1 amide bonds. The Balaban J connectivity index is 0.000000132. The summed E-state index contributed by atoms with van der Waals surface area (Å²) < 4.78 is 39.0. The van der Waals surface area contributed by atoms with Crippen LogP contribution in [0.15, 0.2) is 127 Å². The number of anilines is 2. The van der Waals surface area contributed by atoms with Gasteiger partial charge in [-0.1, -0.05) is 41.4 Å². The summed E-state index contributed by atoms with van der Waals surface area (Å²) >= 11 is 15.5. The Kier molecular flexibility index (Phi) is 13.6. The first kappa shape index (κ1) is 49.1. The molecule has 0 bridgehead atoms. The van der Waals surface area contributed by atoms with Crippen LogP contribution in [-0.2, 0) is 17.8 Å². The molecule has 0 aliphatic carbocycles. The van der Waals surface area contributed by atoms with Crippen LogP contribution >= 0.6 is 39.1 Å². The molecule has 12 rings (SSSR count). The van der Waals surface area contributed by atoms with E-state index < -0.39 is 18.5 Å². The summed E-state index contributed by atoms with van der Waals surface area (Å²) in [5.41, 5.74) is 8.02. The van der Waals surface area contributed by atoms with Gasteiger partial charge in [0.25, 0.3) is 0 Å². The molecule has 22 heteroatoms. The third-order valence-corrected chi connectivity index (χ3v) is 13.0. The average Bonchev–Trinajstić information content (AvgIpc) is 4.24. The Bertz CT molecular complexity index is 3710. The molecule has 0 radical (unpaired) electrons. The molecule has 0 fully saturated rings. The second-order valence-electron chi connectivity index (χ2n) is 17.9. The first-order valence-corrected chi connectivity index (χ1v) is 24.3. The van der Waals surface area contributed by atoms with Gasteiger partial charge < -0.3 is 39.2 Å². The summed E-state index contributed by atoms with van der Waals surface area (Å²) in [7, 11) is -1.60. The zero-order valence-corrected chi connectivity index (χ0v) is 42.2. The minimum atomic E-state index is -1.60. The molecular weight excluding hydrogens is 1040 g/mol. The van der Waals surface area contributed by atoms with Crippen LogP contribution < -0.4 is 15.7 Å². The molecule has 16 nitrogen and oxygen atoms in total. The molecule has 2 aliphatic heterocycles. The number of aromatic nitrogens is 10. The zero-order chi connectivity index (χ0) is 51.1. The molecule has 0 saturated carbocycles. The van der Waals surface area contributed by atoms with E-state index in [0.29, 0.717) is 67.3 Å². The number of benzene rings is 4. The first-order chi connectivity index (χ1) is 35.1. The minimum absolute atomic E-state index is 0.290. The highest BCUT2D eigenvalue weighted by Crippen LogP contribution is 2.36. The lowest BCUT2D eigenvalue weighted by molar-refractivity contribution is 0.0583. The third kappa shape index (κ3) is 10.3. The highest BCUT2D eigenvalue weighted by Gasteiger charge is 2.31. The maximum Gasteiger partial charge on any atom is 0.490 e. The molecule has 0 unspecified atom stereocenters. The fraction of sp³-hybridized carbons (Fsp3) is 0.157. The SMILES string of the molecule is CC(C)(C)OC(=O)N1CCn2c(Br)cnc21.Fc1ccc(Cl)cc1-c1[nH]cnc1-c1ccc2ncc(-c3cnc4n3CCN4)cc2c1.OB(O)c1cnc2ccc(-c3nc[nH]c3-c3cc(Cl)ccc3F)cc2c1. The van der Waals surface area contributed by atoms with E-state index in [1.54, 1.807) is 35.6 Å². The fourth-order valence-corrected chi connectivity index (χ4v) is 9.26. The topological polar surface area (TPSA) is 201 Å². The Morgan fingerprint density at radius 1 is 0.685 bits per heavy atom. The summed E-state index contributed by atoms with van der Waals surface area (Å²) in [6.07, 6.45) is 9.53. The Morgan fingerprint density at radius 3 is 1.88 bits per heavy atom. The Hall–Kier alpha value is -7.49. The minimum Gasteiger partial charge on any atom is -0.443 e. The predicted octanol–water partition coefficient (Wildman–Crippen LogP) is 10.5. The largest absolute Gasteiger partial charge is 0.490 e. The maximum absolute atomic E-state index is 14.5. The van der Waals surface area contributed by atoms with Crippen molar-refractivity contribution in [3.05, 3.63) is 149 Å². The van der Waals surface area contributed by atoms with Gasteiger partial charge in [0, 0.05) is 86.1 Å². The second-order valence-corrected chi connectivity index (χ2v) is 19.6. The summed E-state index contributed by atoms with van der Waals surface area (Å²) in [6, 6.07) is 23.9. The number of carbonyl (C=O) groups is 1. The van der Waals surface area contributed by atoms with Gasteiger partial charge in [-0.15, -0.1) is 0 Å². The molecule has 0 spiro atoms. The number of ether oxygens (including phenoxy) is 1. The van der Waals surface area contributed by atoms with Crippen LogP contribution in [0.4, 0.5) is 25.5 Å². The van der Waals surface area contributed by atoms with Gasteiger partial charge in [-0.05, 0) is 103 Å². The van der Waals surface area contributed by atoms with E-state index in [1.165, 1.54) is 42.9 Å². The smallest absolute Gasteiger partial charge is 0.443 e. The van der Waals surface area contributed by atoms with Crippen molar-refractivity contribution >= 4 is 91.5 Å². The predicted molar refractivity (Wildman–Crippen MR) is 283 cm³/mol. The average molecular weight is 1090 g/mol. The van der Waals surface area contributed by atoms with Crippen molar-refractivity contribution in [1.82, 2.24) is 49.0 Å². The summed E-state index contributed by atoms with van der Waals surface area (Å²) in [6.45, 7) is 8.66. The van der Waals surface area contributed by atoms with E-state index in [4.69, 9.17) is 27.9 Å². The molecule has 368 valence electrons. The van der Waals surface area contributed by atoms with Crippen LogP contribution in [0.25, 0.3) is 78.1 Å². The molecule has 8 heterocycles. The Morgan fingerprint density at radius 2 is 1.27 bits per heavy atom. The molecule has 10 aromatic rings. The van der Waals surface area contributed by atoms with Crippen molar-refractivity contribution in [2.75, 3.05) is 23.3 Å². The number of nitrogens with zero attached hydrogens (tertiary/aromatic N) is 9. The van der Waals surface area contributed by atoms with Gasteiger partial charge in [-0.2, -0.15) is 0 Å². The number of hydrogen-bond donors (Lipinski definition) is 5. The molecule has 0 atom stereocenters. The van der Waals surface area contributed by atoms with Crippen LogP contribution in [0.1, 0.15) is 20.8 Å². The van der Waals surface area contributed by atoms with Crippen LogP contribution in [0.5, 0.6) is 0 Å². The third-order valence-electron chi connectivity index (χ3n) is 11.9. The number of fused-ring (bicyclic) bond motifs is 4. The van der Waals surface area contributed by atoms with Gasteiger partial charge in [-0.25, -0.2) is 38.4 Å². The van der Waals surface area contributed by atoms with Crippen molar-refractivity contribution in [1.29, 1.82) is 0 Å². The summed E-state index contributed by atoms with van der Waals surface area (Å²) in [5, 5.41) is 24.5. The van der Waals surface area contributed by atoms with E-state index in [1.807, 2.05) is 68.1 Å². The van der Waals surface area contributed by atoms with E-state index in [9.17, 15) is 23.6 Å². The number of nitrogens with one attached hydrogen (secondary N) is 3. The van der Waals surface area contributed by atoms with E-state index in [0.717, 1.165) is 63.5 Å². The van der Waals surface area contributed by atoms with Crippen LogP contribution in [0.3, 0.4) is 0 Å². The number of carbonyl (C=O) groups excluding carboxylic acids is 1. The normalized spacial score (nSPS) is 12.7. The van der Waals surface area contributed by atoms with Crippen LogP contribution in [0.2, 0.25) is 10.0 Å². The lowest BCUT2D eigenvalue weighted by Crippen LogP contribution is -2.36. The molecule has 73 heavy (non-hydrogen) atoms. The number of aromatic amines is 2. The number of H-pyrrole nitrogens is 2. The number of halogens is 5. The van der Waals surface area contributed by atoms with Gasteiger partial charge in [-0.3, -0.25) is 9.97 Å². The molecule has 6 aromatic heterocycles. The first-order valence-electron chi connectivity index (χ1n) is 22.7. The van der Waals surface area contributed by atoms with Gasteiger partial charge >= 0.3 is 13.2 Å². The quantitative estimate of drug-likeness (QED) is 0.0993. The fourth-order valence-electron chi connectivity index (χ4n) is 8.48. The molecule has 0 saturated heterocycles. The van der Waals surface area contributed by atoms with Crippen LogP contribution in [-0.4, -0.2) is 91.0 Å². The van der Waals surface area contributed by atoms with E-state index >= 15 is 0 Å². The number of pyridine rings is 2. The van der Waals surface area contributed by atoms with E-state index in [2.05, 4.69) is 71.8 Å². The molecule has 2 aliphatic rings.